The summed E-state index contributed by atoms with van der Waals surface area (Å²) in [7, 11) is -2.20. The zero-order chi connectivity index (χ0) is 22.4. The van der Waals surface area contributed by atoms with Gasteiger partial charge in [0, 0.05) is 24.7 Å². The summed E-state index contributed by atoms with van der Waals surface area (Å²) in [5.41, 5.74) is 0.711. The fraction of sp³-hybridized carbons (Fsp3) is 0.200. The van der Waals surface area contributed by atoms with Gasteiger partial charge in [0.25, 0.3) is 0 Å². The van der Waals surface area contributed by atoms with Crippen molar-refractivity contribution < 1.29 is 22.0 Å². The van der Waals surface area contributed by atoms with Crippen LogP contribution in [-0.2, 0) is 21.9 Å². The monoisotopic (exact) mass is 466 g/mol. The first-order valence-electron chi connectivity index (χ1n) is 9.15. The van der Waals surface area contributed by atoms with Crippen molar-refractivity contribution >= 4 is 27.7 Å². The third-order valence-electron chi connectivity index (χ3n) is 4.27. The van der Waals surface area contributed by atoms with Gasteiger partial charge >= 0.3 is 0 Å². The van der Waals surface area contributed by atoms with Crippen LogP contribution in [0.25, 0.3) is 0 Å². The highest BCUT2D eigenvalue weighted by Gasteiger charge is 2.21. The quantitative estimate of drug-likeness (QED) is 0.473. The Kier molecular flexibility index (Phi) is 7.42. The number of halogens is 2. The maximum Gasteiger partial charge on any atom is 0.243 e. The number of hydrogen-bond acceptors (Lipinski definition) is 5. The first-order chi connectivity index (χ1) is 14.7. The molecule has 0 aliphatic rings. The normalized spacial score (nSPS) is 12.5. The van der Waals surface area contributed by atoms with E-state index in [1.807, 2.05) is 0 Å². The van der Waals surface area contributed by atoms with Gasteiger partial charge in [-0.3, -0.25) is 9.48 Å². The molecule has 1 unspecified atom stereocenters. The maximum atomic E-state index is 13.3. The third-order valence-corrected chi connectivity index (χ3v) is 6.64. The number of sulfonamides is 1. The topological polar surface area (TPSA) is 93.1 Å². The average molecular weight is 467 g/mol. The lowest BCUT2D eigenvalue weighted by Crippen LogP contribution is -2.38. The first kappa shape index (κ1) is 22.9. The van der Waals surface area contributed by atoms with Gasteiger partial charge in [0.05, 0.1) is 18.0 Å². The minimum atomic E-state index is -3.81. The van der Waals surface area contributed by atoms with Gasteiger partial charge in [-0.2, -0.15) is 5.10 Å². The summed E-state index contributed by atoms with van der Waals surface area (Å²) < 4.78 is 55.2. The number of nitrogens with one attached hydrogen (secondary N) is 2. The molecular formula is C20H20F2N4O3S2. The number of aromatic nitrogens is 2. The van der Waals surface area contributed by atoms with Gasteiger partial charge in [-0.1, -0.05) is 30.3 Å². The van der Waals surface area contributed by atoms with Crippen LogP contribution in [0.4, 0.5) is 8.78 Å². The maximum absolute atomic E-state index is 13.3. The molecule has 0 radical (unpaired) electrons. The summed E-state index contributed by atoms with van der Waals surface area (Å²) >= 11 is 1.04. The van der Waals surface area contributed by atoms with Crippen LogP contribution in [0.2, 0.25) is 0 Å². The number of thioether (sulfide) groups is 1. The highest BCUT2D eigenvalue weighted by Crippen LogP contribution is 2.21. The van der Waals surface area contributed by atoms with Crippen LogP contribution >= 0.6 is 11.8 Å². The number of aryl methyl sites for hydroxylation is 1. The molecule has 1 heterocycles. The molecule has 0 saturated carbocycles. The Bertz CT molecular complexity index is 1150. The number of nitrogens with zero attached hydrogens (tertiary/aromatic N) is 2. The predicted octanol–water partition coefficient (Wildman–Crippen LogP) is 2.63. The Morgan fingerprint density at radius 3 is 2.55 bits per heavy atom. The molecule has 1 amide bonds. The van der Waals surface area contributed by atoms with E-state index in [2.05, 4.69) is 15.1 Å². The molecule has 0 fully saturated rings. The highest BCUT2D eigenvalue weighted by molar-refractivity contribution is 8.00. The molecular weight excluding hydrogens is 446 g/mol. The summed E-state index contributed by atoms with van der Waals surface area (Å²) in [6, 6.07) is 11.7. The molecule has 164 valence electrons. The number of benzene rings is 2. The van der Waals surface area contributed by atoms with Crippen molar-refractivity contribution in [3.8, 4) is 0 Å². The second-order valence-corrected chi connectivity index (χ2v) is 9.41. The van der Waals surface area contributed by atoms with Crippen molar-refractivity contribution in [1.29, 1.82) is 0 Å². The van der Waals surface area contributed by atoms with Gasteiger partial charge in [-0.05, 0) is 23.8 Å². The molecule has 0 saturated heterocycles. The van der Waals surface area contributed by atoms with Gasteiger partial charge < -0.3 is 5.32 Å². The molecule has 7 nitrogen and oxygen atoms in total. The number of rotatable bonds is 9. The van der Waals surface area contributed by atoms with Crippen LogP contribution in [0, 0.1) is 11.6 Å². The number of amides is 1. The van der Waals surface area contributed by atoms with E-state index >= 15 is 0 Å². The summed E-state index contributed by atoms with van der Waals surface area (Å²) in [6.07, 6.45) is 2.60. The lowest BCUT2D eigenvalue weighted by atomic mass is 10.1. The molecule has 2 aromatic carbocycles. The zero-order valence-electron chi connectivity index (χ0n) is 16.5. The van der Waals surface area contributed by atoms with E-state index in [9.17, 15) is 22.0 Å². The van der Waals surface area contributed by atoms with E-state index in [1.165, 1.54) is 23.1 Å². The molecule has 1 atom stereocenters. The third kappa shape index (κ3) is 6.36. The lowest BCUT2D eigenvalue weighted by molar-refractivity contribution is -0.119. The molecule has 1 aromatic heterocycles. The Morgan fingerprint density at radius 1 is 1.16 bits per heavy atom. The van der Waals surface area contributed by atoms with Gasteiger partial charge in [-0.25, -0.2) is 21.9 Å². The predicted molar refractivity (Wildman–Crippen MR) is 113 cm³/mol. The minimum Gasteiger partial charge on any atom is -0.347 e. The van der Waals surface area contributed by atoms with E-state index in [1.54, 1.807) is 37.4 Å². The van der Waals surface area contributed by atoms with E-state index in [0.717, 1.165) is 23.9 Å². The van der Waals surface area contributed by atoms with E-state index < -0.39 is 27.7 Å². The van der Waals surface area contributed by atoms with Crippen LogP contribution in [-0.4, -0.2) is 36.4 Å². The van der Waals surface area contributed by atoms with Gasteiger partial charge in [-0.15, -0.1) is 11.8 Å². The smallest absolute Gasteiger partial charge is 0.243 e. The van der Waals surface area contributed by atoms with Crippen molar-refractivity contribution in [1.82, 2.24) is 19.8 Å². The fourth-order valence-electron chi connectivity index (χ4n) is 2.70. The number of hydrogen-bond donors (Lipinski definition) is 2. The minimum absolute atomic E-state index is 0.0158. The van der Waals surface area contributed by atoms with Crippen molar-refractivity contribution in [2.45, 2.75) is 15.8 Å². The van der Waals surface area contributed by atoms with Crippen LogP contribution in [0.5, 0.6) is 0 Å². The molecule has 3 aromatic rings. The summed E-state index contributed by atoms with van der Waals surface area (Å²) in [6.45, 7) is -0.0805. The largest absolute Gasteiger partial charge is 0.347 e. The molecule has 0 bridgehead atoms. The van der Waals surface area contributed by atoms with E-state index in [4.69, 9.17) is 0 Å². The second kappa shape index (κ2) is 10.0. The molecule has 31 heavy (non-hydrogen) atoms. The Morgan fingerprint density at radius 2 is 1.90 bits per heavy atom. The van der Waals surface area contributed by atoms with Crippen molar-refractivity contribution in [3.05, 3.63) is 78.1 Å². The number of carbonyl (C=O) groups is 1. The fourth-order valence-corrected chi connectivity index (χ4v) is 4.47. The van der Waals surface area contributed by atoms with E-state index in [-0.39, 0.29) is 23.1 Å². The molecule has 0 aliphatic heterocycles. The Labute approximate surface area is 182 Å². The van der Waals surface area contributed by atoms with Crippen LogP contribution in [0.1, 0.15) is 11.6 Å². The molecule has 0 aliphatic carbocycles. The Balaban J connectivity index is 1.66. The second-order valence-electron chi connectivity index (χ2n) is 6.60. The van der Waals surface area contributed by atoms with Gasteiger partial charge in [0.1, 0.15) is 4.90 Å². The van der Waals surface area contributed by atoms with E-state index in [0.29, 0.717) is 10.5 Å². The summed E-state index contributed by atoms with van der Waals surface area (Å²) in [4.78, 5) is 12.9. The van der Waals surface area contributed by atoms with Crippen molar-refractivity contribution in [2.75, 3.05) is 12.3 Å². The van der Waals surface area contributed by atoms with Crippen molar-refractivity contribution in [2.24, 2.45) is 7.05 Å². The standard InChI is InChI=1S/C20H20F2N4O3S2/c1-26-12-16(10-23-26)31(28,29)24-11-19(14-5-3-2-4-6-14)25-20(27)13-30-15-7-8-17(21)18(22)9-15/h2-10,12,19,24H,11,13H2,1H3,(H,25,27). The Hall–Kier alpha value is -2.76. The lowest BCUT2D eigenvalue weighted by Gasteiger charge is -2.20. The zero-order valence-corrected chi connectivity index (χ0v) is 18.1. The van der Waals surface area contributed by atoms with Crippen LogP contribution < -0.4 is 10.0 Å². The molecule has 3 rings (SSSR count). The number of carbonyl (C=O) groups excluding carboxylic acids is 1. The van der Waals surface area contributed by atoms with Gasteiger partial charge in [0.15, 0.2) is 11.6 Å². The molecule has 11 heteroatoms. The molecule has 2 N–H and O–H groups in total. The SMILES string of the molecule is Cn1cc(S(=O)(=O)NCC(NC(=O)CSc2ccc(F)c(F)c2)c2ccccc2)cn1. The highest BCUT2D eigenvalue weighted by atomic mass is 32.2. The molecule has 0 spiro atoms. The van der Waals surface area contributed by atoms with Gasteiger partial charge in [0.2, 0.25) is 15.9 Å². The first-order valence-corrected chi connectivity index (χ1v) is 11.6. The summed E-state index contributed by atoms with van der Waals surface area (Å²) in [5, 5.41) is 6.64. The average Bonchev–Trinajstić information content (AvgIpc) is 3.20. The van der Waals surface area contributed by atoms with Crippen molar-refractivity contribution in [3.63, 3.8) is 0 Å². The van der Waals surface area contributed by atoms with Crippen LogP contribution in [0.3, 0.4) is 0 Å². The van der Waals surface area contributed by atoms with Crippen LogP contribution in [0.15, 0.2) is 70.7 Å². The summed E-state index contributed by atoms with van der Waals surface area (Å²) in [5.74, 6) is -2.38.